The van der Waals surface area contributed by atoms with Crippen molar-refractivity contribution in [2.75, 3.05) is 37.4 Å². The summed E-state index contributed by atoms with van der Waals surface area (Å²) in [6, 6.07) is 1.90. The number of ether oxygens (including phenoxy) is 2. The molecule has 22 heavy (non-hydrogen) atoms. The third kappa shape index (κ3) is 3.42. The predicted octanol–water partition coefficient (Wildman–Crippen LogP) is 0.745. The van der Waals surface area contributed by atoms with Gasteiger partial charge in [0.15, 0.2) is 0 Å². The van der Waals surface area contributed by atoms with Gasteiger partial charge in [-0.3, -0.25) is 0 Å². The van der Waals surface area contributed by atoms with Crippen molar-refractivity contribution < 1.29 is 14.1 Å². The first-order valence-corrected chi connectivity index (χ1v) is 7.10. The van der Waals surface area contributed by atoms with E-state index in [1.54, 1.807) is 6.92 Å². The van der Waals surface area contributed by atoms with Crippen LogP contribution in [0.1, 0.15) is 23.7 Å². The number of aromatic nitrogens is 4. The summed E-state index contributed by atoms with van der Waals surface area (Å²) < 4.78 is 15.4. The van der Waals surface area contributed by atoms with Gasteiger partial charge in [0.1, 0.15) is 18.1 Å². The second kappa shape index (κ2) is 6.56. The van der Waals surface area contributed by atoms with Gasteiger partial charge in [-0.25, -0.2) is 9.61 Å². The number of aryl methyl sites for hydroxylation is 1. The van der Waals surface area contributed by atoms with E-state index in [1.807, 2.05) is 6.07 Å². The van der Waals surface area contributed by atoms with Crippen LogP contribution in [0.3, 0.4) is 0 Å². The zero-order valence-electron chi connectivity index (χ0n) is 12.3. The van der Waals surface area contributed by atoms with Crippen LogP contribution in [0.5, 0.6) is 5.88 Å². The first-order valence-electron chi connectivity index (χ1n) is 7.10. The van der Waals surface area contributed by atoms with Crippen LogP contribution in [-0.4, -0.2) is 46.6 Å². The lowest BCUT2D eigenvalue weighted by molar-refractivity contribution is 0.193. The third-order valence-corrected chi connectivity index (χ3v) is 3.37. The molecule has 0 radical (unpaired) electrons. The normalized spacial score (nSPS) is 17.6. The van der Waals surface area contributed by atoms with Crippen molar-refractivity contribution in [2.24, 2.45) is 0 Å². The molecule has 0 aliphatic carbocycles. The number of hydrogen-bond donors (Lipinski definition) is 2. The van der Waals surface area contributed by atoms with E-state index in [1.165, 1.54) is 0 Å². The molecule has 1 aliphatic heterocycles. The highest BCUT2D eigenvalue weighted by Gasteiger charge is 2.20. The molecule has 2 aromatic heterocycles. The molecule has 9 heteroatoms. The van der Waals surface area contributed by atoms with Crippen molar-refractivity contribution in [2.45, 2.75) is 19.3 Å². The second-order valence-electron chi connectivity index (χ2n) is 5.03. The van der Waals surface area contributed by atoms with E-state index >= 15 is 0 Å². The first-order chi connectivity index (χ1) is 10.7. The average Bonchev–Trinajstić information content (AvgIpc) is 3.15. The van der Waals surface area contributed by atoms with Crippen LogP contribution >= 0.6 is 0 Å². The van der Waals surface area contributed by atoms with Crippen LogP contribution in [0.25, 0.3) is 0 Å². The minimum Gasteiger partial charge on any atom is -0.472 e. The third-order valence-electron chi connectivity index (χ3n) is 3.37. The predicted molar refractivity (Wildman–Crippen MR) is 77.6 cm³/mol. The highest BCUT2D eigenvalue weighted by Crippen LogP contribution is 2.25. The van der Waals surface area contributed by atoms with Gasteiger partial charge in [0.25, 0.3) is 5.88 Å². The summed E-state index contributed by atoms with van der Waals surface area (Å²) in [6.07, 6.45) is 0.956. The van der Waals surface area contributed by atoms with E-state index in [9.17, 15) is 0 Å². The maximum Gasteiger partial charge on any atom is 0.278 e. The van der Waals surface area contributed by atoms with Crippen molar-refractivity contribution >= 4 is 11.8 Å². The number of nitrogens with one attached hydrogen (secondary N) is 1. The lowest BCUT2D eigenvalue weighted by atomic mass is 10.0. The number of rotatable bonds is 6. The molecule has 9 nitrogen and oxygen atoms in total. The van der Waals surface area contributed by atoms with Gasteiger partial charge in [-0.2, -0.15) is 4.98 Å². The SMILES string of the molecule is Cc1nonc1OCCNc1cc(C2CCOC2)nc(N)n1. The van der Waals surface area contributed by atoms with Crippen LogP contribution in [0, 0.1) is 6.92 Å². The maximum atomic E-state index is 5.76. The number of nitrogens with two attached hydrogens (primary N) is 1. The molecule has 3 rings (SSSR count). The Kier molecular flexibility index (Phi) is 4.33. The summed E-state index contributed by atoms with van der Waals surface area (Å²) in [4.78, 5) is 8.45. The van der Waals surface area contributed by atoms with Gasteiger partial charge in [-0.05, 0) is 18.5 Å². The van der Waals surface area contributed by atoms with Crippen molar-refractivity contribution in [3.05, 3.63) is 17.5 Å². The largest absolute Gasteiger partial charge is 0.472 e. The van der Waals surface area contributed by atoms with Crippen molar-refractivity contribution in [3.63, 3.8) is 0 Å². The quantitative estimate of drug-likeness (QED) is 0.744. The van der Waals surface area contributed by atoms with E-state index in [-0.39, 0.29) is 11.9 Å². The van der Waals surface area contributed by atoms with Gasteiger partial charge in [-0.1, -0.05) is 5.16 Å². The molecular formula is C13H18N6O3. The van der Waals surface area contributed by atoms with Crippen molar-refractivity contribution in [1.82, 2.24) is 20.3 Å². The highest BCUT2D eigenvalue weighted by atomic mass is 16.6. The molecule has 1 aliphatic rings. The van der Waals surface area contributed by atoms with Crippen LogP contribution < -0.4 is 15.8 Å². The van der Waals surface area contributed by atoms with E-state index in [0.29, 0.717) is 37.2 Å². The molecule has 0 aromatic carbocycles. The highest BCUT2D eigenvalue weighted by molar-refractivity contribution is 5.41. The topological polar surface area (TPSA) is 121 Å². The molecule has 0 bridgehead atoms. The molecular weight excluding hydrogens is 288 g/mol. The molecule has 118 valence electrons. The van der Waals surface area contributed by atoms with Crippen LogP contribution in [0.2, 0.25) is 0 Å². The summed E-state index contributed by atoms with van der Waals surface area (Å²) in [6.45, 7) is 4.15. The molecule has 1 unspecified atom stereocenters. The molecule has 0 amide bonds. The van der Waals surface area contributed by atoms with Crippen LogP contribution in [-0.2, 0) is 4.74 Å². The summed E-state index contributed by atoms with van der Waals surface area (Å²) in [5.74, 6) is 1.61. The van der Waals surface area contributed by atoms with Crippen LogP contribution in [0.4, 0.5) is 11.8 Å². The van der Waals surface area contributed by atoms with Gasteiger partial charge >= 0.3 is 0 Å². The summed E-state index contributed by atoms with van der Waals surface area (Å²) >= 11 is 0. The Morgan fingerprint density at radius 3 is 3.05 bits per heavy atom. The molecule has 3 heterocycles. The maximum absolute atomic E-state index is 5.76. The number of nitrogens with zero attached hydrogens (tertiary/aromatic N) is 4. The Morgan fingerprint density at radius 2 is 2.32 bits per heavy atom. The van der Waals surface area contributed by atoms with Crippen molar-refractivity contribution in [3.8, 4) is 5.88 Å². The Labute approximate surface area is 127 Å². The van der Waals surface area contributed by atoms with E-state index < -0.39 is 0 Å². The number of anilines is 2. The fourth-order valence-electron chi connectivity index (χ4n) is 2.23. The van der Waals surface area contributed by atoms with E-state index in [0.717, 1.165) is 18.7 Å². The molecule has 1 atom stereocenters. The van der Waals surface area contributed by atoms with Gasteiger partial charge < -0.3 is 20.5 Å². The van der Waals surface area contributed by atoms with Crippen molar-refractivity contribution in [1.29, 1.82) is 0 Å². The van der Waals surface area contributed by atoms with E-state index in [4.69, 9.17) is 15.2 Å². The molecule has 1 saturated heterocycles. The fraction of sp³-hybridized carbons (Fsp3) is 0.538. The standard InChI is InChI=1S/C13H18N6O3/c1-8-12(19-22-18-8)21-5-3-15-11-6-10(16-13(14)17-11)9-2-4-20-7-9/h6,9H,2-5,7H2,1H3,(H3,14,15,16,17). The summed E-state index contributed by atoms with van der Waals surface area (Å²) in [5, 5.41) is 10.4. The average molecular weight is 306 g/mol. The Hall–Kier alpha value is -2.42. The minimum atomic E-state index is 0.254. The summed E-state index contributed by atoms with van der Waals surface area (Å²) in [7, 11) is 0. The van der Waals surface area contributed by atoms with Gasteiger partial charge in [0, 0.05) is 18.6 Å². The minimum absolute atomic E-state index is 0.254. The Morgan fingerprint density at radius 1 is 1.41 bits per heavy atom. The van der Waals surface area contributed by atoms with Gasteiger partial charge in [0.05, 0.1) is 18.8 Å². The number of nitrogen functional groups attached to an aromatic ring is 1. The number of hydrogen-bond acceptors (Lipinski definition) is 9. The Balaban J connectivity index is 1.54. The molecule has 3 N–H and O–H groups in total. The smallest absolute Gasteiger partial charge is 0.278 e. The monoisotopic (exact) mass is 306 g/mol. The fourth-order valence-corrected chi connectivity index (χ4v) is 2.23. The molecule has 2 aromatic rings. The lowest BCUT2D eigenvalue weighted by Gasteiger charge is -2.11. The molecule has 1 fully saturated rings. The second-order valence-corrected chi connectivity index (χ2v) is 5.03. The first kappa shape index (κ1) is 14.5. The zero-order valence-corrected chi connectivity index (χ0v) is 12.3. The molecule has 0 saturated carbocycles. The Bertz CT molecular complexity index is 626. The molecule has 0 spiro atoms. The zero-order chi connectivity index (χ0) is 15.4. The summed E-state index contributed by atoms with van der Waals surface area (Å²) in [5.41, 5.74) is 7.29. The lowest BCUT2D eigenvalue weighted by Crippen LogP contribution is -2.14. The van der Waals surface area contributed by atoms with Gasteiger partial charge in [-0.15, -0.1) is 0 Å². The van der Waals surface area contributed by atoms with Crippen LogP contribution in [0.15, 0.2) is 10.7 Å². The van der Waals surface area contributed by atoms with E-state index in [2.05, 4.69) is 30.2 Å². The van der Waals surface area contributed by atoms with Gasteiger partial charge in [0.2, 0.25) is 5.95 Å².